The maximum absolute atomic E-state index is 14.4. The molecule has 1 aliphatic heterocycles. The van der Waals surface area contributed by atoms with Crippen molar-refractivity contribution in [3.05, 3.63) is 80.2 Å². The van der Waals surface area contributed by atoms with Crippen LogP contribution in [0.25, 0.3) is 10.9 Å². The monoisotopic (exact) mass is 396 g/mol. The van der Waals surface area contributed by atoms with E-state index in [4.69, 9.17) is 0 Å². The maximum atomic E-state index is 14.4. The van der Waals surface area contributed by atoms with E-state index in [0.29, 0.717) is 36.1 Å². The third-order valence-corrected chi connectivity index (χ3v) is 5.16. The highest BCUT2D eigenvalue weighted by Gasteiger charge is 2.24. The van der Waals surface area contributed by atoms with Crippen molar-refractivity contribution in [1.82, 2.24) is 19.8 Å². The summed E-state index contributed by atoms with van der Waals surface area (Å²) in [6.07, 6.45) is 0. The number of halogens is 1. The summed E-state index contributed by atoms with van der Waals surface area (Å²) in [4.78, 5) is 41.2. The highest BCUT2D eigenvalue weighted by Crippen LogP contribution is 2.16. The second-order valence-electron chi connectivity index (χ2n) is 7.28. The van der Waals surface area contributed by atoms with Gasteiger partial charge >= 0.3 is 5.69 Å². The van der Waals surface area contributed by atoms with Crippen LogP contribution < -0.4 is 16.6 Å². The van der Waals surface area contributed by atoms with Crippen LogP contribution in [-0.2, 0) is 6.54 Å². The minimum atomic E-state index is -0.594. The van der Waals surface area contributed by atoms with Gasteiger partial charge in [0.1, 0.15) is 5.82 Å². The SMILES string of the molecule is C[C@@H]1CN(C(=O)c2cc(Cn3c(=O)[nH]c(=O)c4ccccc43)ccc2F)CCN1. The van der Waals surface area contributed by atoms with E-state index in [-0.39, 0.29) is 24.1 Å². The molecular weight excluding hydrogens is 375 g/mol. The Hall–Kier alpha value is -3.26. The van der Waals surface area contributed by atoms with Gasteiger partial charge in [-0.3, -0.25) is 19.1 Å². The van der Waals surface area contributed by atoms with Crippen molar-refractivity contribution in [3.8, 4) is 0 Å². The third kappa shape index (κ3) is 3.71. The van der Waals surface area contributed by atoms with Crippen LogP contribution in [-0.4, -0.2) is 46.0 Å². The maximum Gasteiger partial charge on any atom is 0.329 e. The molecule has 0 unspecified atom stereocenters. The standard InChI is InChI=1S/C21H21FN4O3/c1-13-11-25(9-8-23-13)20(28)16-10-14(6-7-17(16)22)12-26-18-5-3-2-4-15(18)19(27)24-21(26)29/h2-7,10,13,23H,8-9,11-12H2,1H3,(H,24,27,29)/t13-/m1/s1. The van der Waals surface area contributed by atoms with E-state index in [2.05, 4.69) is 10.3 Å². The largest absolute Gasteiger partial charge is 0.336 e. The molecule has 1 aliphatic rings. The van der Waals surface area contributed by atoms with Gasteiger partial charge in [0.15, 0.2) is 0 Å². The van der Waals surface area contributed by atoms with E-state index in [1.807, 2.05) is 6.92 Å². The van der Waals surface area contributed by atoms with Crippen LogP contribution in [0.2, 0.25) is 0 Å². The van der Waals surface area contributed by atoms with E-state index in [9.17, 15) is 18.8 Å². The molecule has 3 aromatic rings. The average molecular weight is 396 g/mol. The molecular formula is C21H21FN4O3. The summed E-state index contributed by atoms with van der Waals surface area (Å²) in [6, 6.07) is 11.2. The molecule has 7 nitrogen and oxygen atoms in total. The smallest absolute Gasteiger partial charge is 0.329 e. The number of piperazine rings is 1. The van der Waals surface area contributed by atoms with Gasteiger partial charge in [-0.05, 0) is 36.8 Å². The molecule has 1 saturated heterocycles. The van der Waals surface area contributed by atoms with Crippen LogP contribution in [0.1, 0.15) is 22.8 Å². The number of rotatable bonds is 3. The zero-order valence-electron chi connectivity index (χ0n) is 15.9. The molecule has 0 bridgehead atoms. The molecule has 1 fully saturated rings. The van der Waals surface area contributed by atoms with E-state index < -0.39 is 17.1 Å². The lowest BCUT2D eigenvalue weighted by atomic mass is 10.1. The molecule has 8 heteroatoms. The molecule has 1 amide bonds. The number of aromatic nitrogens is 2. The lowest BCUT2D eigenvalue weighted by molar-refractivity contribution is 0.0704. The zero-order chi connectivity index (χ0) is 20.5. The minimum absolute atomic E-state index is 0.0154. The van der Waals surface area contributed by atoms with Gasteiger partial charge in [-0.2, -0.15) is 0 Å². The fourth-order valence-electron chi connectivity index (χ4n) is 3.70. The Kier molecular flexibility index (Phi) is 5.02. The van der Waals surface area contributed by atoms with Crippen molar-refractivity contribution in [2.24, 2.45) is 0 Å². The predicted octanol–water partition coefficient (Wildman–Crippen LogP) is 1.31. The number of para-hydroxylation sites is 1. The summed E-state index contributed by atoms with van der Waals surface area (Å²) in [5.74, 6) is -0.958. The second kappa shape index (κ2) is 7.63. The number of nitrogens with one attached hydrogen (secondary N) is 2. The van der Waals surface area contributed by atoms with Crippen LogP contribution >= 0.6 is 0 Å². The molecule has 2 aromatic carbocycles. The Balaban J connectivity index is 1.70. The van der Waals surface area contributed by atoms with E-state index in [1.54, 1.807) is 35.2 Å². The number of aromatic amines is 1. The number of H-pyrrole nitrogens is 1. The Labute approximate surface area is 165 Å². The molecule has 1 aromatic heterocycles. The Morgan fingerprint density at radius 2 is 2.00 bits per heavy atom. The van der Waals surface area contributed by atoms with Crippen molar-refractivity contribution in [2.75, 3.05) is 19.6 Å². The Morgan fingerprint density at radius 3 is 2.79 bits per heavy atom. The molecule has 1 atom stereocenters. The number of carbonyl (C=O) groups is 1. The lowest BCUT2D eigenvalue weighted by Crippen LogP contribution is -2.51. The molecule has 2 N–H and O–H groups in total. The molecule has 0 saturated carbocycles. The Morgan fingerprint density at radius 1 is 1.21 bits per heavy atom. The summed E-state index contributed by atoms with van der Waals surface area (Å²) in [5.41, 5.74) is 0.0523. The van der Waals surface area contributed by atoms with E-state index >= 15 is 0 Å². The zero-order valence-corrected chi connectivity index (χ0v) is 15.9. The predicted molar refractivity (Wildman–Crippen MR) is 108 cm³/mol. The number of amides is 1. The van der Waals surface area contributed by atoms with E-state index in [1.165, 1.54) is 16.7 Å². The molecule has 29 heavy (non-hydrogen) atoms. The minimum Gasteiger partial charge on any atom is -0.336 e. The quantitative estimate of drug-likeness (QED) is 0.699. The summed E-state index contributed by atoms with van der Waals surface area (Å²) >= 11 is 0. The summed E-state index contributed by atoms with van der Waals surface area (Å²) in [7, 11) is 0. The van der Waals surface area contributed by atoms with Gasteiger partial charge in [0.2, 0.25) is 0 Å². The number of benzene rings is 2. The summed E-state index contributed by atoms with van der Waals surface area (Å²) in [5, 5.41) is 3.64. The van der Waals surface area contributed by atoms with Crippen molar-refractivity contribution in [1.29, 1.82) is 0 Å². The molecule has 0 aliphatic carbocycles. The number of carbonyl (C=O) groups excluding carboxylic acids is 1. The van der Waals surface area contributed by atoms with Crippen molar-refractivity contribution in [3.63, 3.8) is 0 Å². The van der Waals surface area contributed by atoms with Crippen LogP contribution in [0, 0.1) is 5.82 Å². The third-order valence-electron chi connectivity index (χ3n) is 5.16. The number of hydrogen-bond acceptors (Lipinski definition) is 4. The normalized spacial score (nSPS) is 16.9. The van der Waals surface area contributed by atoms with Crippen molar-refractivity contribution in [2.45, 2.75) is 19.5 Å². The van der Waals surface area contributed by atoms with Crippen LogP contribution in [0.3, 0.4) is 0 Å². The Bertz CT molecular complexity index is 1200. The fraction of sp³-hybridized carbons (Fsp3) is 0.286. The van der Waals surface area contributed by atoms with E-state index in [0.717, 1.165) is 0 Å². The molecule has 150 valence electrons. The van der Waals surface area contributed by atoms with Gasteiger partial charge in [0, 0.05) is 25.7 Å². The lowest BCUT2D eigenvalue weighted by Gasteiger charge is -2.32. The highest BCUT2D eigenvalue weighted by atomic mass is 19.1. The first-order valence-corrected chi connectivity index (χ1v) is 9.47. The van der Waals surface area contributed by atoms with Gasteiger partial charge in [0.05, 0.1) is 23.0 Å². The topological polar surface area (TPSA) is 87.2 Å². The molecule has 0 radical (unpaired) electrons. The molecule has 0 spiro atoms. The summed E-state index contributed by atoms with van der Waals surface area (Å²) < 4.78 is 15.8. The second-order valence-corrected chi connectivity index (χ2v) is 7.28. The summed E-state index contributed by atoms with van der Waals surface area (Å²) in [6.45, 7) is 3.75. The average Bonchev–Trinajstić information content (AvgIpc) is 2.72. The number of fused-ring (bicyclic) bond motifs is 1. The van der Waals surface area contributed by atoms with Gasteiger partial charge in [-0.25, -0.2) is 9.18 Å². The van der Waals surface area contributed by atoms with Gasteiger partial charge < -0.3 is 10.2 Å². The first-order chi connectivity index (χ1) is 13.9. The molecule has 2 heterocycles. The number of nitrogens with zero attached hydrogens (tertiary/aromatic N) is 2. The van der Waals surface area contributed by atoms with Gasteiger partial charge in [0.25, 0.3) is 11.5 Å². The van der Waals surface area contributed by atoms with Crippen LogP contribution in [0.5, 0.6) is 0 Å². The first-order valence-electron chi connectivity index (χ1n) is 9.47. The van der Waals surface area contributed by atoms with Crippen molar-refractivity contribution < 1.29 is 9.18 Å². The van der Waals surface area contributed by atoms with Gasteiger partial charge in [-0.1, -0.05) is 18.2 Å². The molecule has 4 rings (SSSR count). The highest BCUT2D eigenvalue weighted by molar-refractivity contribution is 5.94. The van der Waals surface area contributed by atoms with Crippen LogP contribution in [0.15, 0.2) is 52.1 Å². The number of hydrogen-bond donors (Lipinski definition) is 2. The van der Waals surface area contributed by atoms with Crippen molar-refractivity contribution >= 4 is 16.8 Å². The first kappa shape index (κ1) is 19.1. The van der Waals surface area contributed by atoms with Crippen LogP contribution in [0.4, 0.5) is 4.39 Å². The van der Waals surface area contributed by atoms with Gasteiger partial charge in [-0.15, -0.1) is 0 Å². The fourth-order valence-corrected chi connectivity index (χ4v) is 3.70.